The molecule has 0 aromatic heterocycles. The van der Waals surface area contributed by atoms with Gasteiger partial charge in [-0.1, -0.05) is 26.0 Å². The molecule has 2 aromatic rings. The normalized spacial score (nSPS) is 11.8. The van der Waals surface area contributed by atoms with Gasteiger partial charge >= 0.3 is 11.9 Å². The van der Waals surface area contributed by atoms with E-state index in [0.29, 0.717) is 16.7 Å². The number of hydrogen-bond donors (Lipinski definition) is 2. The molecule has 0 aliphatic heterocycles. The van der Waals surface area contributed by atoms with Crippen molar-refractivity contribution in [2.24, 2.45) is 0 Å². The number of anilines is 2. The van der Waals surface area contributed by atoms with Crippen LogP contribution in [0.1, 0.15) is 80.2 Å². The summed E-state index contributed by atoms with van der Waals surface area (Å²) in [5.74, 6) is -0.560. The van der Waals surface area contributed by atoms with Crippen LogP contribution < -0.4 is 10.6 Å². The maximum absolute atomic E-state index is 12.4. The van der Waals surface area contributed by atoms with E-state index in [4.69, 9.17) is 21.7 Å². The van der Waals surface area contributed by atoms with Gasteiger partial charge in [0.2, 0.25) is 0 Å². The topological polar surface area (TPSA) is 76.7 Å². The number of rotatable bonds is 8. The molecule has 172 valence electrons. The van der Waals surface area contributed by atoms with E-state index in [-0.39, 0.29) is 23.3 Å². The van der Waals surface area contributed by atoms with Crippen molar-refractivity contribution >= 4 is 40.6 Å². The Balaban J connectivity index is 2.21. The van der Waals surface area contributed by atoms with Gasteiger partial charge in [0.25, 0.3) is 0 Å². The van der Waals surface area contributed by atoms with Crippen molar-refractivity contribution in [2.45, 2.75) is 66.1 Å². The Morgan fingerprint density at radius 1 is 0.812 bits per heavy atom. The molecular weight excluding hydrogens is 424 g/mol. The van der Waals surface area contributed by atoms with Gasteiger partial charge in [0.05, 0.1) is 23.3 Å². The summed E-state index contributed by atoms with van der Waals surface area (Å²) in [5.41, 5.74) is 3.05. The lowest BCUT2D eigenvalue weighted by atomic mass is 9.99. The van der Waals surface area contributed by atoms with Gasteiger partial charge in [-0.3, -0.25) is 0 Å². The van der Waals surface area contributed by atoms with Crippen LogP contribution in [0.4, 0.5) is 11.4 Å². The molecule has 1 unspecified atom stereocenters. The second-order valence-electron chi connectivity index (χ2n) is 8.22. The molecule has 0 radical (unpaired) electrons. The molecule has 2 N–H and O–H groups in total. The molecule has 2 aromatic carbocycles. The summed E-state index contributed by atoms with van der Waals surface area (Å²) in [6, 6.07) is 12.7. The first-order valence-electron chi connectivity index (χ1n) is 10.8. The van der Waals surface area contributed by atoms with Crippen LogP contribution in [0.3, 0.4) is 0 Å². The fourth-order valence-electron chi connectivity index (χ4n) is 2.92. The molecule has 1 atom stereocenters. The lowest BCUT2D eigenvalue weighted by Crippen LogP contribution is -2.20. The Morgan fingerprint density at radius 2 is 1.28 bits per heavy atom. The van der Waals surface area contributed by atoms with Crippen molar-refractivity contribution in [1.29, 1.82) is 0 Å². The zero-order valence-corrected chi connectivity index (χ0v) is 20.3. The fourth-order valence-corrected chi connectivity index (χ4v) is 3.16. The third-order valence-electron chi connectivity index (χ3n) is 4.70. The van der Waals surface area contributed by atoms with Crippen molar-refractivity contribution < 1.29 is 19.1 Å². The summed E-state index contributed by atoms with van der Waals surface area (Å²) in [4.78, 5) is 24.9. The summed E-state index contributed by atoms with van der Waals surface area (Å²) in [5, 5.41) is 6.50. The van der Waals surface area contributed by atoms with Gasteiger partial charge in [0.1, 0.15) is 0 Å². The second-order valence-corrected chi connectivity index (χ2v) is 8.63. The van der Waals surface area contributed by atoms with Crippen LogP contribution >= 0.6 is 12.2 Å². The van der Waals surface area contributed by atoms with E-state index in [1.165, 1.54) is 11.6 Å². The highest BCUT2D eigenvalue weighted by Crippen LogP contribution is 2.22. The van der Waals surface area contributed by atoms with Crippen LogP contribution in [0.15, 0.2) is 42.5 Å². The van der Waals surface area contributed by atoms with Gasteiger partial charge in [-0.05, 0) is 88.1 Å². The molecule has 0 bridgehead atoms. The number of esters is 2. The van der Waals surface area contributed by atoms with Crippen molar-refractivity contribution in [3.63, 3.8) is 0 Å². The van der Waals surface area contributed by atoms with Crippen LogP contribution in [0.5, 0.6) is 0 Å². The van der Waals surface area contributed by atoms with Gasteiger partial charge in [0, 0.05) is 11.4 Å². The van der Waals surface area contributed by atoms with E-state index in [1.807, 2.05) is 12.1 Å². The van der Waals surface area contributed by atoms with Gasteiger partial charge < -0.3 is 20.1 Å². The first-order valence-corrected chi connectivity index (χ1v) is 11.2. The lowest BCUT2D eigenvalue weighted by Gasteiger charge is -2.15. The minimum Gasteiger partial charge on any atom is -0.459 e. The van der Waals surface area contributed by atoms with Crippen LogP contribution in [-0.4, -0.2) is 29.3 Å². The molecule has 0 aliphatic carbocycles. The third-order valence-corrected chi connectivity index (χ3v) is 4.90. The Labute approximate surface area is 195 Å². The SMILES string of the molecule is CCC(C)c1ccc(NC(=S)Nc2cc(C(=O)OC(C)C)cc(C(=O)OC(C)C)c2)cc1. The molecule has 0 aliphatic rings. The minimum absolute atomic E-state index is 0.236. The number of nitrogens with one attached hydrogen (secondary N) is 2. The second kappa shape index (κ2) is 11.6. The fraction of sp³-hybridized carbons (Fsp3) is 0.400. The smallest absolute Gasteiger partial charge is 0.338 e. The van der Waals surface area contributed by atoms with Crippen molar-refractivity contribution in [3.8, 4) is 0 Å². The number of ether oxygens (including phenoxy) is 2. The highest BCUT2D eigenvalue weighted by Gasteiger charge is 2.17. The maximum Gasteiger partial charge on any atom is 0.338 e. The molecule has 2 rings (SSSR count). The highest BCUT2D eigenvalue weighted by molar-refractivity contribution is 7.80. The van der Waals surface area contributed by atoms with Crippen molar-refractivity contribution in [1.82, 2.24) is 0 Å². The van der Waals surface area contributed by atoms with Gasteiger partial charge in [-0.15, -0.1) is 0 Å². The molecule has 0 heterocycles. The zero-order valence-electron chi connectivity index (χ0n) is 19.5. The van der Waals surface area contributed by atoms with E-state index in [1.54, 1.807) is 39.8 Å². The van der Waals surface area contributed by atoms with E-state index in [2.05, 4.69) is 36.6 Å². The molecule has 0 amide bonds. The molecular formula is C25H32N2O4S. The third kappa shape index (κ3) is 7.64. The number of carbonyl (C=O) groups excluding carboxylic acids is 2. The molecule has 32 heavy (non-hydrogen) atoms. The highest BCUT2D eigenvalue weighted by atomic mass is 32.1. The van der Waals surface area contributed by atoms with Crippen LogP contribution in [0, 0.1) is 0 Å². The standard InChI is InChI=1S/C25H32N2O4S/c1-7-17(6)18-8-10-21(11-9-18)26-25(32)27-22-13-19(23(28)30-15(2)3)12-20(14-22)24(29)31-16(4)5/h8-17H,7H2,1-6H3,(H2,26,27,32). The first kappa shape index (κ1) is 25.3. The summed E-state index contributed by atoms with van der Waals surface area (Å²) in [6.07, 6.45) is 0.502. The van der Waals surface area contributed by atoms with Crippen LogP contribution in [-0.2, 0) is 9.47 Å². The van der Waals surface area contributed by atoms with Gasteiger partial charge in [0.15, 0.2) is 5.11 Å². The molecule has 0 saturated heterocycles. The van der Waals surface area contributed by atoms with E-state index in [0.717, 1.165) is 12.1 Å². The molecule has 6 nitrogen and oxygen atoms in total. The van der Waals surface area contributed by atoms with Crippen LogP contribution in [0.2, 0.25) is 0 Å². The number of carbonyl (C=O) groups is 2. The van der Waals surface area contributed by atoms with Gasteiger partial charge in [-0.25, -0.2) is 9.59 Å². The Kier molecular flexibility index (Phi) is 9.20. The molecule has 7 heteroatoms. The Bertz CT molecular complexity index is 915. The molecule has 0 fully saturated rings. The minimum atomic E-state index is -0.526. The summed E-state index contributed by atoms with van der Waals surface area (Å²) in [7, 11) is 0. The zero-order chi connectivity index (χ0) is 23.8. The number of thiocarbonyl (C=S) groups is 1. The van der Waals surface area contributed by atoms with E-state index < -0.39 is 11.9 Å². The number of benzene rings is 2. The monoisotopic (exact) mass is 456 g/mol. The van der Waals surface area contributed by atoms with Gasteiger partial charge in [-0.2, -0.15) is 0 Å². The van der Waals surface area contributed by atoms with Crippen molar-refractivity contribution in [3.05, 3.63) is 59.2 Å². The first-order chi connectivity index (χ1) is 15.1. The molecule has 0 spiro atoms. The summed E-state index contributed by atoms with van der Waals surface area (Å²) >= 11 is 5.43. The average Bonchev–Trinajstić information content (AvgIpc) is 2.72. The summed E-state index contributed by atoms with van der Waals surface area (Å²) < 4.78 is 10.6. The predicted molar refractivity (Wildman–Crippen MR) is 133 cm³/mol. The Morgan fingerprint density at radius 3 is 1.72 bits per heavy atom. The number of hydrogen-bond acceptors (Lipinski definition) is 5. The lowest BCUT2D eigenvalue weighted by molar-refractivity contribution is 0.0377. The molecule has 0 saturated carbocycles. The summed E-state index contributed by atoms with van der Waals surface area (Å²) in [6.45, 7) is 11.4. The largest absolute Gasteiger partial charge is 0.459 e. The predicted octanol–water partition coefficient (Wildman–Crippen LogP) is 6.14. The van der Waals surface area contributed by atoms with E-state index in [9.17, 15) is 9.59 Å². The van der Waals surface area contributed by atoms with Crippen molar-refractivity contribution in [2.75, 3.05) is 10.6 Å². The maximum atomic E-state index is 12.4. The average molecular weight is 457 g/mol. The van der Waals surface area contributed by atoms with Crippen LogP contribution in [0.25, 0.3) is 0 Å². The Hall–Kier alpha value is -2.93. The van der Waals surface area contributed by atoms with E-state index >= 15 is 0 Å². The quantitative estimate of drug-likeness (QED) is 0.365.